The molecule has 6 heteroatoms. The number of nitrogens with one attached hydrogen (secondary N) is 2. The fourth-order valence-electron chi connectivity index (χ4n) is 2.43. The molecule has 128 valence electrons. The van der Waals surface area contributed by atoms with E-state index in [1.54, 1.807) is 18.2 Å². The first-order valence-electron chi connectivity index (χ1n) is 7.71. The Morgan fingerprint density at radius 3 is 2.62 bits per heavy atom. The van der Waals surface area contributed by atoms with Crippen LogP contribution in [0.25, 0.3) is 0 Å². The molecule has 0 aromatic heterocycles. The Morgan fingerprint density at radius 1 is 1.21 bits per heavy atom. The summed E-state index contributed by atoms with van der Waals surface area (Å²) < 4.78 is 5.22. The van der Waals surface area contributed by atoms with Crippen molar-refractivity contribution in [3.8, 4) is 5.75 Å². The number of benzene rings is 2. The zero-order valence-electron chi connectivity index (χ0n) is 13.5. The Kier molecular flexibility index (Phi) is 6.90. The van der Waals surface area contributed by atoms with Gasteiger partial charge in [0.05, 0.1) is 23.9 Å². The highest BCUT2D eigenvalue weighted by atomic mass is 35.5. The molecule has 0 radical (unpaired) electrons. The molecule has 0 aliphatic rings. The molecule has 0 aliphatic heterocycles. The lowest BCUT2D eigenvalue weighted by molar-refractivity contribution is 0.243. The number of para-hydroxylation sites is 1. The largest absolute Gasteiger partial charge is 0.493 e. The van der Waals surface area contributed by atoms with Crippen molar-refractivity contribution < 1.29 is 14.6 Å². The molecule has 24 heavy (non-hydrogen) atoms. The molecule has 2 aromatic carbocycles. The third-order valence-electron chi connectivity index (χ3n) is 3.58. The maximum Gasteiger partial charge on any atom is 0.319 e. The van der Waals surface area contributed by atoms with Crippen molar-refractivity contribution in [2.24, 2.45) is 0 Å². The van der Waals surface area contributed by atoms with Crippen molar-refractivity contribution in [2.75, 3.05) is 19.0 Å². The summed E-state index contributed by atoms with van der Waals surface area (Å²) in [5.41, 5.74) is 1.48. The van der Waals surface area contributed by atoms with Crippen LogP contribution in [-0.2, 0) is 0 Å². The molecule has 5 nitrogen and oxygen atoms in total. The number of methoxy groups -OCH3 is 1. The summed E-state index contributed by atoms with van der Waals surface area (Å²) >= 11 is 6.06. The van der Waals surface area contributed by atoms with Gasteiger partial charge in [-0.05, 0) is 30.5 Å². The average molecular weight is 349 g/mol. The van der Waals surface area contributed by atoms with Crippen LogP contribution in [0.5, 0.6) is 5.75 Å². The average Bonchev–Trinajstić information content (AvgIpc) is 2.59. The molecule has 0 spiro atoms. The third-order valence-corrected chi connectivity index (χ3v) is 3.88. The van der Waals surface area contributed by atoms with Gasteiger partial charge in [0.1, 0.15) is 0 Å². The second-order valence-corrected chi connectivity index (χ2v) is 5.66. The van der Waals surface area contributed by atoms with Crippen molar-refractivity contribution in [3.63, 3.8) is 0 Å². The van der Waals surface area contributed by atoms with E-state index in [1.807, 2.05) is 30.3 Å². The molecule has 2 amide bonds. The van der Waals surface area contributed by atoms with Gasteiger partial charge >= 0.3 is 6.03 Å². The summed E-state index contributed by atoms with van der Waals surface area (Å²) in [4.78, 5) is 12.4. The zero-order chi connectivity index (χ0) is 17.4. The molecule has 0 heterocycles. The molecule has 0 aliphatic carbocycles. The Balaban J connectivity index is 2.09. The van der Waals surface area contributed by atoms with Crippen molar-refractivity contribution in [3.05, 3.63) is 59.1 Å². The van der Waals surface area contributed by atoms with E-state index in [4.69, 9.17) is 21.4 Å². The number of carbonyl (C=O) groups is 1. The number of hydrogen-bond donors (Lipinski definition) is 3. The predicted molar refractivity (Wildman–Crippen MR) is 95.7 cm³/mol. The van der Waals surface area contributed by atoms with Crippen LogP contribution in [0, 0.1) is 0 Å². The topological polar surface area (TPSA) is 70.6 Å². The molecule has 3 N–H and O–H groups in total. The first-order chi connectivity index (χ1) is 11.7. The van der Waals surface area contributed by atoms with E-state index >= 15 is 0 Å². The second-order valence-electron chi connectivity index (χ2n) is 5.25. The molecular weight excluding hydrogens is 328 g/mol. The molecule has 0 saturated heterocycles. The number of aliphatic hydroxyl groups is 1. The van der Waals surface area contributed by atoms with E-state index in [9.17, 15) is 4.79 Å². The second kappa shape index (κ2) is 9.15. The summed E-state index contributed by atoms with van der Waals surface area (Å²) in [6.45, 7) is 0.0781. The third kappa shape index (κ3) is 4.88. The lowest BCUT2D eigenvalue weighted by Gasteiger charge is -2.20. The van der Waals surface area contributed by atoms with Crippen molar-refractivity contribution >= 4 is 23.3 Å². The molecule has 0 saturated carbocycles. The van der Waals surface area contributed by atoms with Gasteiger partial charge in [0, 0.05) is 6.61 Å². The van der Waals surface area contributed by atoms with Gasteiger partial charge in [-0.1, -0.05) is 48.0 Å². The van der Waals surface area contributed by atoms with Crippen molar-refractivity contribution in [1.82, 2.24) is 5.32 Å². The fourth-order valence-corrected chi connectivity index (χ4v) is 2.69. The van der Waals surface area contributed by atoms with Crippen LogP contribution in [0.2, 0.25) is 5.02 Å². The minimum Gasteiger partial charge on any atom is -0.493 e. The Bertz CT molecular complexity index is 665. The number of amides is 2. The standard InChI is InChI=1S/C18H21ClN2O3/c1-24-17-14(19)9-5-10-16(17)21-18(23)20-15(11-6-12-22)13-7-3-2-4-8-13/h2-5,7-10,15,22H,6,11-12H2,1H3,(H2,20,21,23). The van der Waals surface area contributed by atoms with Crippen LogP contribution < -0.4 is 15.4 Å². The first kappa shape index (κ1) is 18.1. The number of hydrogen-bond acceptors (Lipinski definition) is 3. The number of halogens is 1. The highest BCUT2D eigenvalue weighted by molar-refractivity contribution is 6.32. The van der Waals surface area contributed by atoms with Crippen molar-refractivity contribution in [1.29, 1.82) is 0 Å². The van der Waals surface area contributed by atoms with Gasteiger partial charge in [0.25, 0.3) is 0 Å². The van der Waals surface area contributed by atoms with Gasteiger partial charge in [-0.2, -0.15) is 0 Å². The lowest BCUT2D eigenvalue weighted by Crippen LogP contribution is -2.32. The maximum absolute atomic E-state index is 12.4. The number of carbonyl (C=O) groups excluding carboxylic acids is 1. The first-order valence-corrected chi connectivity index (χ1v) is 8.09. The van der Waals surface area contributed by atoms with Crippen LogP contribution in [0.3, 0.4) is 0 Å². The highest BCUT2D eigenvalue weighted by Gasteiger charge is 2.16. The van der Waals surface area contributed by atoms with E-state index in [0.717, 1.165) is 5.56 Å². The van der Waals surface area contributed by atoms with E-state index in [1.165, 1.54) is 7.11 Å². The zero-order valence-corrected chi connectivity index (χ0v) is 14.2. The number of aliphatic hydroxyl groups excluding tert-OH is 1. The molecule has 1 unspecified atom stereocenters. The summed E-state index contributed by atoms with van der Waals surface area (Å²) in [5, 5.41) is 15.2. The Labute approximate surface area is 146 Å². The van der Waals surface area contributed by atoms with Crippen LogP contribution in [-0.4, -0.2) is 24.9 Å². The monoisotopic (exact) mass is 348 g/mol. The highest BCUT2D eigenvalue weighted by Crippen LogP contribution is 2.32. The Hall–Kier alpha value is -2.24. The van der Waals surface area contributed by atoms with Gasteiger partial charge in [0.15, 0.2) is 5.75 Å². The fraction of sp³-hybridized carbons (Fsp3) is 0.278. The van der Waals surface area contributed by atoms with Crippen LogP contribution in [0.4, 0.5) is 10.5 Å². The SMILES string of the molecule is COc1c(Cl)cccc1NC(=O)NC(CCCO)c1ccccc1. The smallest absolute Gasteiger partial charge is 0.319 e. The van der Waals surface area contributed by atoms with Gasteiger partial charge < -0.3 is 20.5 Å². The van der Waals surface area contributed by atoms with Crippen molar-refractivity contribution in [2.45, 2.75) is 18.9 Å². The number of urea groups is 1. The van der Waals surface area contributed by atoms with E-state index < -0.39 is 0 Å². The molecule has 2 aromatic rings. The van der Waals surface area contributed by atoms with Crippen LogP contribution >= 0.6 is 11.6 Å². The minimum atomic E-state index is -0.359. The summed E-state index contributed by atoms with van der Waals surface area (Å²) in [6, 6.07) is 14.2. The quantitative estimate of drug-likeness (QED) is 0.708. The van der Waals surface area contributed by atoms with Gasteiger partial charge in [-0.3, -0.25) is 0 Å². The number of rotatable bonds is 7. The van der Waals surface area contributed by atoms with Gasteiger partial charge in [-0.15, -0.1) is 0 Å². The van der Waals surface area contributed by atoms with E-state index in [0.29, 0.717) is 29.3 Å². The molecule has 2 rings (SSSR count). The predicted octanol–water partition coefficient (Wildman–Crippen LogP) is 3.98. The van der Waals surface area contributed by atoms with Crippen LogP contribution in [0.15, 0.2) is 48.5 Å². The Morgan fingerprint density at radius 2 is 1.96 bits per heavy atom. The summed E-state index contributed by atoms with van der Waals surface area (Å²) in [7, 11) is 1.50. The summed E-state index contributed by atoms with van der Waals surface area (Å²) in [6.07, 6.45) is 1.24. The number of ether oxygens (including phenoxy) is 1. The molecule has 0 fully saturated rings. The van der Waals surface area contributed by atoms with E-state index in [2.05, 4.69) is 10.6 Å². The van der Waals surface area contributed by atoms with Crippen LogP contribution in [0.1, 0.15) is 24.4 Å². The van der Waals surface area contributed by atoms with E-state index in [-0.39, 0.29) is 18.7 Å². The normalized spacial score (nSPS) is 11.6. The maximum atomic E-state index is 12.4. The number of anilines is 1. The molecule has 0 bridgehead atoms. The lowest BCUT2D eigenvalue weighted by atomic mass is 10.0. The minimum absolute atomic E-state index is 0.0781. The van der Waals surface area contributed by atoms with Gasteiger partial charge in [0.2, 0.25) is 0 Å². The van der Waals surface area contributed by atoms with Gasteiger partial charge in [-0.25, -0.2) is 4.79 Å². The molecular formula is C18H21ClN2O3. The summed E-state index contributed by atoms with van der Waals surface area (Å²) in [5.74, 6) is 0.418. The molecule has 1 atom stereocenters.